The second-order valence-corrected chi connectivity index (χ2v) is 6.53. The van der Waals surface area contributed by atoms with E-state index in [-0.39, 0.29) is 0 Å². The Balaban J connectivity index is 2.29. The van der Waals surface area contributed by atoms with E-state index >= 15 is 0 Å². The predicted octanol–water partition coefficient (Wildman–Crippen LogP) is 5.76. The van der Waals surface area contributed by atoms with Crippen LogP contribution in [0.25, 0.3) is 0 Å². The number of alkyl halides is 1. The second kappa shape index (κ2) is 7.56. The van der Waals surface area contributed by atoms with Gasteiger partial charge in [0.05, 0.1) is 13.2 Å². The fraction of sp³-hybridized carbons (Fsp3) is 0.625. The standard InChI is InChI=1S/C16H22BrClO2/c1-3-19-14-9-12(13(18)10-15(14)20-4-2)16(17)11-7-5-6-8-11/h9-11,16H,3-8H2,1-2H3. The molecule has 1 aliphatic carbocycles. The minimum atomic E-state index is 0.299. The van der Waals surface area contributed by atoms with Crippen LogP contribution in [-0.4, -0.2) is 13.2 Å². The highest BCUT2D eigenvalue weighted by molar-refractivity contribution is 9.09. The normalized spacial score (nSPS) is 17.2. The Kier molecular flexibility index (Phi) is 6.03. The molecule has 0 heterocycles. The fourth-order valence-electron chi connectivity index (χ4n) is 2.80. The number of halogens is 2. The maximum atomic E-state index is 6.45. The first-order valence-electron chi connectivity index (χ1n) is 7.40. The summed E-state index contributed by atoms with van der Waals surface area (Å²) in [6, 6.07) is 3.92. The summed E-state index contributed by atoms with van der Waals surface area (Å²) in [5.74, 6) is 2.19. The number of benzene rings is 1. The molecule has 0 spiro atoms. The van der Waals surface area contributed by atoms with Crippen LogP contribution in [0.2, 0.25) is 5.02 Å². The van der Waals surface area contributed by atoms with E-state index < -0.39 is 0 Å². The van der Waals surface area contributed by atoms with E-state index in [0.717, 1.165) is 22.1 Å². The molecule has 112 valence electrons. The molecule has 0 N–H and O–H groups in total. The van der Waals surface area contributed by atoms with E-state index in [9.17, 15) is 0 Å². The summed E-state index contributed by atoms with van der Waals surface area (Å²) in [6.45, 7) is 5.17. The fourth-order valence-corrected chi connectivity index (χ4v) is 4.11. The lowest BCUT2D eigenvalue weighted by Crippen LogP contribution is -2.06. The molecule has 1 aromatic rings. The van der Waals surface area contributed by atoms with Crippen LogP contribution in [-0.2, 0) is 0 Å². The topological polar surface area (TPSA) is 18.5 Å². The molecule has 1 aliphatic rings. The highest BCUT2D eigenvalue weighted by atomic mass is 79.9. The van der Waals surface area contributed by atoms with Gasteiger partial charge in [0, 0.05) is 15.9 Å². The lowest BCUT2D eigenvalue weighted by Gasteiger charge is -2.21. The van der Waals surface area contributed by atoms with E-state index in [1.54, 1.807) is 0 Å². The molecular formula is C16H22BrClO2. The number of ether oxygens (including phenoxy) is 2. The van der Waals surface area contributed by atoms with Crippen molar-refractivity contribution in [1.82, 2.24) is 0 Å². The van der Waals surface area contributed by atoms with Crippen molar-refractivity contribution in [2.75, 3.05) is 13.2 Å². The number of hydrogen-bond donors (Lipinski definition) is 0. The third-order valence-electron chi connectivity index (χ3n) is 3.77. The average Bonchev–Trinajstić information content (AvgIpc) is 2.95. The molecule has 4 heteroatoms. The molecule has 2 rings (SSSR count). The summed E-state index contributed by atoms with van der Waals surface area (Å²) < 4.78 is 11.3. The molecule has 2 nitrogen and oxygen atoms in total. The molecule has 0 aromatic heterocycles. The highest BCUT2D eigenvalue weighted by Crippen LogP contribution is 2.46. The van der Waals surface area contributed by atoms with Crippen molar-refractivity contribution < 1.29 is 9.47 Å². The minimum absolute atomic E-state index is 0.299. The Morgan fingerprint density at radius 2 is 1.70 bits per heavy atom. The Morgan fingerprint density at radius 1 is 1.15 bits per heavy atom. The van der Waals surface area contributed by atoms with Crippen LogP contribution in [0.5, 0.6) is 11.5 Å². The van der Waals surface area contributed by atoms with E-state index in [1.165, 1.54) is 25.7 Å². The molecule has 1 fully saturated rings. The third-order valence-corrected chi connectivity index (χ3v) is 5.34. The Hall–Kier alpha value is -0.410. The molecular weight excluding hydrogens is 340 g/mol. The van der Waals surface area contributed by atoms with Crippen LogP contribution in [0.4, 0.5) is 0 Å². The van der Waals surface area contributed by atoms with Gasteiger partial charge in [0.15, 0.2) is 11.5 Å². The second-order valence-electron chi connectivity index (χ2n) is 5.13. The molecule has 1 saturated carbocycles. The van der Waals surface area contributed by atoms with Gasteiger partial charge in [-0.15, -0.1) is 0 Å². The quantitative estimate of drug-likeness (QED) is 0.599. The molecule has 20 heavy (non-hydrogen) atoms. The lowest BCUT2D eigenvalue weighted by molar-refractivity contribution is 0.287. The maximum Gasteiger partial charge on any atom is 0.162 e. The van der Waals surface area contributed by atoms with Crippen molar-refractivity contribution >= 4 is 27.5 Å². The third kappa shape index (κ3) is 3.62. The molecule has 1 unspecified atom stereocenters. The van der Waals surface area contributed by atoms with Crippen LogP contribution in [0.1, 0.15) is 49.9 Å². The van der Waals surface area contributed by atoms with Gasteiger partial charge in [-0.2, -0.15) is 0 Å². The van der Waals surface area contributed by atoms with Crippen molar-refractivity contribution in [3.8, 4) is 11.5 Å². The number of hydrogen-bond acceptors (Lipinski definition) is 2. The van der Waals surface area contributed by atoms with Gasteiger partial charge in [-0.25, -0.2) is 0 Å². The molecule has 1 atom stereocenters. The molecule has 0 aliphatic heterocycles. The van der Waals surface area contributed by atoms with Crippen molar-refractivity contribution in [3.05, 3.63) is 22.7 Å². The lowest BCUT2D eigenvalue weighted by atomic mass is 9.97. The summed E-state index contributed by atoms with van der Waals surface area (Å²) in [5.41, 5.74) is 1.12. The Bertz CT molecular complexity index is 444. The summed E-state index contributed by atoms with van der Waals surface area (Å²) in [5, 5.41) is 0.755. The summed E-state index contributed by atoms with van der Waals surface area (Å²) in [7, 11) is 0. The monoisotopic (exact) mass is 360 g/mol. The van der Waals surface area contributed by atoms with Crippen LogP contribution in [0.15, 0.2) is 12.1 Å². The Labute approximate surface area is 134 Å². The van der Waals surface area contributed by atoms with Crippen molar-refractivity contribution in [3.63, 3.8) is 0 Å². The first-order valence-corrected chi connectivity index (χ1v) is 8.69. The van der Waals surface area contributed by atoms with E-state index in [0.29, 0.717) is 24.0 Å². The predicted molar refractivity (Wildman–Crippen MR) is 87.4 cm³/mol. The Morgan fingerprint density at radius 3 is 2.25 bits per heavy atom. The summed E-state index contributed by atoms with van der Waals surface area (Å²) in [6.07, 6.45) is 5.17. The van der Waals surface area contributed by atoms with Crippen molar-refractivity contribution in [2.24, 2.45) is 5.92 Å². The van der Waals surface area contributed by atoms with Gasteiger partial charge in [0.2, 0.25) is 0 Å². The molecule has 1 aromatic carbocycles. The smallest absolute Gasteiger partial charge is 0.162 e. The van der Waals surface area contributed by atoms with Crippen molar-refractivity contribution in [2.45, 2.75) is 44.4 Å². The van der Waals surface area contributed by atoms with Gasteiger partial charge in [-0.1, -0.05) is 40.4 Å². The molecule has 0 bridgehead atoms. The highest BCUT2D eigenvalue weighted by Gasteiger charge is 2.27. The first-order chi connectivity index (χ1) is 9.67. The summed E-state index contributed by atoms with van der Waals surface area (Å²) >= 11 is 10.3. The number of rotatable bonds is 6. The van der Waals surface area contributed by atoms with Crippen LogP contribution >= 0.6 is 27.5 Å². The largest absolute Gasteiger partial charge is 0.490 e. The molecule has 0 amide bonds. The van der Waals surface area contributed by atoms with Gasteiger partial charge in [0.25, 0.3) is 0 Å². The van der Waals surface area contributed by atoms with E-state index in [2.05, 4.69) is 15.9 Å². The van der Waals surface area contributed by atoms with Crippen molar-refractivity contribution in [1.29, 1.82) is 0 Å². The zero-order valence-electron chi connectivity index (χ0n) is 12.1. The van der Waals surface area contributed by atoms with Crippen LogP contribution < -0.4 is 9.47 Å². The van der Waals surface area contributed by atoms with Gasteiger partial charge < -0.3 is 9.47 Å². The van der Waals surface area contributed by atoms with E-state index in [1.807, 2.05) is 26.0 Å². The maximum absolute atomic E-state index is 6.45. The molecule has 0 radical (unpaired) electrons. The average molecular weight is 362 g/mol. The molecule has 0 saturated heterocycles. The SMILES string of the molecule is CCOc1cc(Cl)c(C(Br)C2CCCC2)cc1OCC. The zero-order chi connectivity index (χ0) is 14.5. The zero-order valence-corrected chi connectivity index (χ0v) is 14.5. The summed E-state index contributed by atoms with van der Waals surface area (Å²) in [4.78, 5) is 0.299. The van der Waals surface area contributed by atoms with Gasteiger partial charge >= 0.3 is 0 Å². The minimum Gasteiger partial charge on any atom is -0.490 e. The van der Waals surface area contributed by atoms with Crippen LogP contribution in [0.3, 0.4) is 0 Å². The van der Waals surface area contributed by atoms with Gasteiger partial charge in [-0.3, -0.25) is 0 Å². The van der Waals surface area contributed by atoms with E-state index in [4.69, 9.17) is 21.1 Å². The van der Waals surface area contributed by atoms with Crippen LogP contribution in [0, 0.1) is 5.92 Å². The first kappa shape index (κ1) is 16.0. The van der Waals surface area contributed by atoms with Gasteiger partial charge in [-0.05, 0) is 44.2 Å². The van der Waals surface area contributed by atoms with Gasteiger partial charge in [0.1, 0.15) is 0 Å².